The van der Waals surface area contributed by atoms with Crippen molar-refractivity contribution in [3.8, 4) is 0 Å². The van der Waals surface area contributed by atoms with Crippen LogP contribution in [0.3, 0.4) is 0 Å². The van der Waals surface area contributed by atoms with E-state index < -0.39 is 25.1 Å². The van der Waals surface area contributed by atoms with Gasteiger partial charge in [-0.3, -0.25) is 0 Å². The molecule has 0 fully saturated rings. The number of rotatable bonds is 3. The van der Waals surface area contributed by atoms with Crippen molar-refractivity contribution in [1.82, 2.24) is 4.90 Å². The predicted molar refractivity (Wildman–Crippen MR) is 62.8 cm³/mol. The lowest BCUT2D eigenvalue weighted by atomic mass is 10.1. The van der Waals surface area contributed by atoms with Crippen LogP contribution in [0, 0.1) is 0 Å². The number of nitrogens with zero attached hydrogens (tertiary/aromatic N) is 1. The molecule has 2 rings (SSSR count). The van der Waals surface area contributed by atoms with E-state index in [1.165, 1.54) is 4.90 Å². The number of aliphatic hydroxyl groups excluding tert-OH is 2. The quantitative estimate of drug-likeness (QED) is 0.828. The SMILES string of the molecule is OC1C=C(CC(F)(F)F)C(O)N1Cc1ccccc1. The normalized spacial score (nSPS) is 24.6. The summed E-state index contributed by atoms with van der Waals surface area (Å²) in [7, 11) is 0. The fourth-order valence-corrected chi connectivity index (χ4v) is 2.09. The van der Waals surface area contributed by atoms with Crippen molar-refractivity contribution in [2.24, 2.45) is 0 Å². The number of hydrogen-bond acceptors (Lipinski definition) is 3. The van der Waals surface area contributed by atoms with Gasteiger partial charge in [0.2, 0.25) is 0 Å². The van der Waals surface area contributed by atoms with Gasteiger partial charge in [0.1, 0.15) is 12.5 Å². The zero-order chi connectivity index (χ0) is 14.0. The molecule has 1 aromatic carbocycles. The molecule has 1 aromatic rings. The van der Waals surface area contributed by atoms with Crippen LogP contribution in [-0.2, 0) is 6.54 Å². The highest BCUT2D eigenvalue weighted by Crippen LogP contribution is 2.32. The van der Waals surface area contributed by atoms with Gasteiger partial charge in [-0.1, -0.05) is 30.3 Å². The lowest BCUT2D eigenvalue weighted by molar-refractivity contribution is -0.133. The highest BCUT2D eigenvalue weighted by atomic mass is 19.4. The van der Waals surface area contributed by atoms with Crippen molar-refractivity contribution >= 4 is 0 Å². The summed E-state index contributed by atoms with van der Waals surface area (Å²) < 4.78 is 36.9. The molecule has 2 N–H and O–H groups in total. The van der Waals surface area contributed by atoms with Crippen LogP contribution < -0.4 is 0 Å². The monoisotopic (exact) mass is 273 g/mol. The molecule has 1 aliphatic heterocycles. The van der Waals surface area contributed by atoms with Crippen molar-refractivity contribution in [3.05, 3.63) is 47.5 Å². The molecule has 104 valence electrons. The number of halogens is 3. The van der Waals surface area contributed by atoms with Crippen LogP contribution in [-0.4, -0.2) is 33.7 Å². The zero-order valence-electron chi connectivity index (χ0n) is 10.0. The smallest absolute Gasteiger partial charge is 0.375 e. The Morgan fingerprint density at radius 3 is 2.32 bits per heavy atom. The van der Waals surface area contributed by atoms with E-state index in [1.807, 2.05) is 6.07 Å². The Morgan fingerprint density at radius 1 is 1.11 bits per heavy atom. The Labute approximate surface area is 108 Å². The second-order valence-corrected chi connectivity index (χ2v) is 4.48. The summed E-state index contributed by atoms with van der Waals surface area (Å²) >= 11 is 0. The highest BCUT2D eigenvalue weighted by Gasteiger charge is 2.38. The van der Waals surface area contributed by atoms with Gasteiger partial charge in [-0.2, -0.15) is 13.2 Å². The third kappa shape index (κ3) is 3.56. The Morgan fingerprint density at radius 2 is 1.74 bits per heavy atom. The molecule has 0 spiro atoms. The van der Waals surface area contributed by atoms with Crippen molar-refractivity contribution in [1.29, 1.82) is 0 Å². The largest absolute Gasteiger partial charge is 0.392 e. The lowest BCUT2D eigenvalue weighted by Crippen LogP contribution is -2.37. The van der Waals surface area contributed by atoms with E-state index >= 15 is 0 Å². The minimum atomic E-state index is -4.39. The number of aliphatic hydroxyl groups is 2. The predicted octanol–water partition coefficient (Wildman–Crippen LogP) is 2.02. The van der Waals surface area contributed by atoms with Crippen molar-refractivity contribution in [2.75, 3.05) is 0 Å². The molecule has 0 radical (unpaired) electrons. The van der Waals surface area contributed by atoms with Gasteiger partial charge < -0.3 is 10.2 Å². The molecule has 0 aliphatic carbocycles. The highest BCUT2D eigenvalue weighted by molar-refractivity contribution is 5.21. The molecule has 2 unspecified atom stereocenters. The number of alkyl halides is 3. The zero-order valence-corrected chi connectivity index (χ0v) is 10.0. The Hall–Kier alpha value is -1.37. The summed E-state index contributed by atoms with van der Waals surface area (Å²) in [5.74, 6) is 0. The first-order valence-corrected chi connectivity index (χ1v) is 5.80. The number of benzene rings is 1. The summed E-state index contributed by atoms with van der Waals surface area (Å²) in [6, 6.07) is 8.94. The van der Waals surface area contributed by atoms with E-state index in [-0.39, 0.29) is 12.1 Å². The van der Waals surface area contributed by atoms with Crippen molar-refractivity contribution in [3.63, 3.8) is 0 Å². The summed E-state index contributed by atoms with van der Waals surface area (Å²) in [4.78, 5) is 1.20. The van der Waals surface area contributed by atoms with Crippen LogP contribution in [0.25, 0.3) is 0 Å². The molecular formula is C13H14F3NO2. The molecule has 19 heavy (non-hydrogen) atoms. The van der Waals surface area contributed by atoms with Crippen LogP contribution in [0.15, 0.2) is 42.0 Å². The van der Waals surface area contributed by atoms with E-state index in [2.05, 4.69) is 0 Å². The van der Waals surface area contributed by atoms with E-state index in [4.69, 9.17) is 0 Å². The van der Waals surface area contributed by atoms with Gasteiger partial charge in [-0.25, -0.2) is 4.90 Å². The lowest BCUT2D eigenvalue weighted by Gasteiger charge is -2.25. The molecule has 0 saturated carbocycles. The standard InChI is InChI=1S/C13H14F3NO2/c14-13(15,16)7-10-6-11(18)17(12(10)19)8-9-4-2-1-3-5-9/h1-6,11-12,18-19H,7-8H2. The molecule has 6 heteroatoms. The average molecular weight is 273 g/mol. The molecule has 0 bridgehead atoms. The minimum absolute atomic E-state index is 0.182. The van der Waals surface area contributed by atoms with Crippen LogP contribution in [0.1, 0.15) is 12.0 Å². The Balaban J connectivity index is 2.06. The number of hydrogen-bond donors (Lipinski definition) is 2. The first kappa shape index (κ1) is 14.0. The summed E-state index contributed by atoms with van der Waals surface area (Å²) in [5.41, 5.74) is 0.596. The fourth-order valence-electron chi connectivity index (χ4n) is 2.09. The molecule has 3 nitrogen and oxygen atoms in total. The van der Waals surface area contributed by atoms with Crippen LogP contribution >= 0.6 is 0 Å². The van der Waals surface area contributed by atoms with Crippen molar-refractivity contribution < 1.29 is 23.4 Å². The maximum absolute atomic E-state index is 12.3. The van der Waals surface area contributed by atoms with Crippen molar-refractivity contribution in [2.45, 2.75) is 31.6 Å². The average Bonchev–Trinajstić information content (AvgIpc) is 2.56. The maximum Gasteiger partial charge on any atom is 0.392 e. The minimum Gasteiger partial charge on any atom is -0.375 e. The van der Waals surface area contributed by atoms with Gasteiger partial charge in [-0.05, 0) is 17.2 Å². The second-order valence-electron chi connectivity index (χ2n) is 4.48. The van der Waals surface area contributed by atoms with E-state index in [9.17, 15) is 23.4 Å². The summed E-state index contributed by atoms with van der Waals surface area (Å²) in [6.45, 7) is 0.182. The third-order valence-electron chi connectivity index (χ3n) is 2.96. The van der Waals surface area contributed by atoms with Crippen LogP contribution in [0.4, 0.5) is 13.2 Å². The maximum atomic E-state index is 12.3. The first-order chi connectivity index (χ1) is 8.87. The summed E-state index contributed by atoms with van der Waals surface area (Å²) in [5, 5.41) is 19.6. The summed E-state index contributed by atoms with van der Waals surface area (Å²) in [6.07, 6.45) is -7.16. The molecule has 1 aliphatic rings. The van der Waals surface area contributed by atoms with Gasteiger partial charge in [0.15, 0.2) is 0 Å². The third-order valence-corrected chi connectivity index (χ3v) is 2.96. The molecule has 0 aromatic heterocycles. The molecule has 0 amide bonds. The first-order valence-electron chi connectivity index (χ1n) is 5.80. The van der Waals surface area contributed by atoms with Gasteiger partial charge in [0.25, 0.3) is 0 Å². The fraction of sp³-hybridized carbons (Fsp3) is 0.385. The van der Waals surface area contributed by atoms with Gasteiger partial charge in [-0.15, -0.1) is 0 Å². The molecule has 1 heterocycles. The van der Waals surface area contributed by atoms with Gasteiger partial charge >= 0.3 is 6.18 Å². The van der Waals surface area contributed by atoms with E-state index in [0.717, 1.165) is 11.6 Å². The van der Waals surface area contributed by atoms with E-state index in [0.29, 0.717) is 0 Å². The van der Waals surface area contributed by atoms with Crippen LogP contribution in [0.5, 0.6) is 0 Å². The Kier molecular flexibility index (Phi) is 3.93. The molecule has 0 saturated heterocycles. The molecule has 2 atom stereocenters. The van der Waals surface area contributed by atoms with E-state index in [1.54, 1.807) is 24.3 Å². The van der Waals surface area contributed by atoms with Gasteiger partial charge in [0.05, 0.1) is 6.42 Å². The second kappa shape index (κ2) is 5.32. The topological polar surface area (TPSA) is 43.7 Å². The molecular weight excluding hydrogens is 259 g/mol. The van der Waals surface area contributed by atoms with Crippen LogP contribution in [0.2, 0.25) is 0 Å². The van der Waals surface area contributed by atoms with Gasteiger partial charge in [0, 0.05) is 6.54 Å². The Bertz CT molecular complexity index is 459.